The summed E-state index contributed by atoms with van der Waals surface area (Å²) in [6, 6.07) is 50.7. The fourth-order valence-electron chi connectivity index (χ4n) is 5.02. The lowest BCUT2D eigenvalue weighted by Crippen LogP contribution is -3.00. The van der Waals surface area contributed by atoms with Crippen molar-refractivity contribution in [2.75, 3.05) is 0 Å². The molecular formula is C38H47Cl2P3. The Balaban J connectivity index is 0.000000450. The molecule has 0 fully saturated rings. The molecule has 0 aliphatic rings. The van der Waals surface area contributed by atoms with Crippen LogP contribution in [-0.2, 0) is 10.8 Å². The fraction of sp³-hybridized carbons (Fsp3) is 0.211. The second-order valence-corrected chi connectivity index (χ2v) is 16.4. The molecule has 0 heterocycles. The maximum Gasteiger partial charge on any atom is 0.144 e. The van der Waals surface area contributed by atoms with Gasteiger partial charge in [0, 0.05) is 0 Å². The van der Waals surface area contributed by atoms with E-state index in [-0.39, 0.29) is 45.5 Å². The summed E-state index contributed by atoms with van der Waals surface area (Å²) in [6.45, 7) is 13.6. The Bertz CT molecular complexity index is 1300. The third kappa shape index (κ3) is 9.48. The van der Waals surface area contributed by atoms with Crippen LogP contribution in [0.1, 0.15) is 52.7 Å². The Morgan fingerprint density at radius 1 is 0.442 bits per heavy atom. The predicted molar refractivity (Wildman–Crippen MR) is 203 cm³/mol. The van der Waals surface area contributed by atoms with Gasteiger partial charge in [-0.25, -0.2) is 0 Å². The lowest BCUT2D eigenvalue weighted by atomic mass is 9.81. The molecule has 0 aromatic heterocycles. The molecule has 0 N–H and O–H groups in total. The van der Waals surface area contributed by atoms with Gasteiger partial charge in [-0.05, 0) is 75.8 Å². The molecule has 228 valence electrons. The van der Waals surface area contributed by atoms with Gasteiger partial charge < -0.3 is 12.4 Å². The first-order chi connectivity index (χ1) is 19.0. The molecule has 0 aliphatic carbocycles. The van der Waals surface area contributed by atoms with E-state index in [2.05, 4.69) is 190 Å². The molecule has 43 heavy (non-hydrogen) atoms. The molecule has 0 saturated carbocycles. The van der Waals surface area contributed by atoms with Gasteiger partial charge in [0.15, 0.2) is 0 Å². The molecule has 0 nitrogen and oxygen atoms in total. The monoisotopic (exact) mass is 666 g/mol. The van der Waals surface area contributed by atoms with E-state index >= 15 is 0 Å². The molecule has 5 rings (SSSR count). The van der Waals surface area contributed by atoms with E-state index in [4.69, 9.17) is 0 Å². The third-order valence-corrected chi connectivity index (χ3v) is 11.9. The van der Waals surface area contributed by atoms with Gasteiger partial charge in [-0.3, -0.25) is 0 Å². The topological polar surface area (TPSA) is 0 Å². The Labute approximate surface area is 279 Å². The van der Waals surface area contributed by atoms with Gasteiger partial charge in [0.05, 0.1) is 0 Å². The van der Waals surface area contributed by atoms with Crippen LogP contribution >= 0.6 is 38.8 Å². The van der Waals surface area contributed by atoms with Crippen molar-refractivity contribution in [1.82, 2.24) is 0 Å². The smallest absolute Gasteiger partial charge is 0.144 e. The fourth-order valence-corrected chi connectivity index (χ4v) is 9.64. The minimum atomic E-state index is -1.91. The molecule has 5 aromatic carbocycles. The van der Waals surface area contributed by atoms with Crippen LogP contribution in [0.3, 0.4) is 0 Å². The molecule has 0 amide bonds. The van der Waals surface area contributed by atoms with Crippen LogP contribution in [0.25, 0.3) is 0 Å². The summed E-state index contributed by atoms with van der Waals surface area (Å²) in [5, 5.41) is 6.83. The largest absolute Gasteiger partial charge is 1.00 e. The minimum Gasteiger partial charge on any atom is -1.00 e. The van der Waals surface area contributed by atoms with Crippen molar-refractivity contribution >= 4 is 65.3 Å². The molecule has 0 spiro atoms. The van der Waals surface area contributed by atoms with E-state index in [1.165, 1.54) is 37.6 Å². The highest BCUT2D eigenvalue weighted by Gasteiger charge is 2.47. The molecule has 5 heteroatoms. The summed E-state index contributed by atoms with van der Waals surface area (Å²) >= 11 is 0. The van der Waals surface area contributed by atoms with Crippen LogP contribution in [0.15, 0.2) is 140 Å². The van der Waals surface area contributed by atoms with Crippen molar-refractivity contribution < 1.29 is 12.4 Å². The molecule has 0 bridgehead atoms. The van der Waals surface area contributed by atoms with Crippen LogP contribution in [-0.4, -0.2) is 0 Å². The van der Waals surface area contributed by atoms with Gasteiger partial charge in [0.2, 0.25) is 0 Å². The first-order valence-electron chi connectivity index (χ1n) is 14.1. The second-order valence-electron chi connectivity index (χ2n) is 12.4. The van der Waals surface area contributed by atoms with Gasteiger partial charge in [0.25, 0.3) is 0 Å². The van der Waals surface area contributed by atoms with Crippen LogP contribution in [0.5, 0.6) is 0 Å². The van der Waals surface area contributed by atoms with Crippen molar-refractivity contribution in [1.29, 1.82) is 0 Å². The van der Waals surface area contributed by atoms with Crippen molar-refractivity contribution in [3.63, 3.8) is 0 Å². The Kier molecular flexibility index (Phi) is 15.3. The summed E-state index contributed by atoms with van der Waals surface area (Å²) in [5.41, 5.74) is 3.29. The summed E-state index contributed by atoms with van der Waals surface area (Å²) in [7, 11) is 0.907. The molecule has 5 aromatic rings. The zero-order valence-electron chi connectivity index (χ0n) is 26.3. The molecular weight excluding hydrogens is 620 g/mol. The normalized spacial score (nSPS) is 11.0. The second kappa shape index (κ2) is 16.9. The average molecular weight is 668 g/mol. The lowest BCUT2D eigenvalue weighted by Gasteiger charge is -2.27. The number of hydrogen-bond acceptors (Lipinski definition) is 0. The number of halogens is 2. The highest BCUT2D eigenvalue weighted by molar-refractivity contribution is 8.01. The first-order valence-corrected chi connectivity index (χ1v) is 16.4. The number of benzene rings is 5. The van der Waals surface area contributed by atoms with Crippen LogP contribution in [0, 0.1) is 0 Å². The van der Waals surface area contributed by atoms with Crippen LogP contribution in [0.4, 0.5) is 0 Å². The van der Waals surface area contributed by atoms with Crippen molar-refractivity contribution in [3.05, 3.63) is 151 Å². The predicted octanol–water partition coefficient (Wildman–Crippen LogP) is 5.57. The Morgan fingerprint density at radius 2 is 0.674 bits per heavy atom. The van der Waals surface area contributed by atoms with Gasteiger partial charge in [0.1, 0.15) is 28.5 Å². The zero-order chi connectivity index (χ0) is 28.8. The highest BCUT2D eigenvalue weighted by atomic mass is 35.5. The van der Waals surface area contributed by atoms with Crippen molar-refractivity contribution in [2.45, 2.75) is 52.4 Å². The van der Waals surface area contributed by atoms with E-state index in [1.807, 2.05) is 0 Å². The van der Waals surface area contributed by atoms with Gasteiger partial charge in [-0.15, -0.1) is 21.6 Å². The van der Waals surface area contributed by atoms with E-state index in [1.54, 1.807) is 0 Å². The molecule has 2 unspecified atom stereocenters. The molecule has 2 atom stereocenters. The van der Waals surface area contributed by atoms with Crippen molar-refractivity contribution in [2.24, 2.45) is 0 Å². The van der Waals surface area contributed by atoms with Crippen LogP contribution in [0.2, 0.25) is 0 Å². The first kappa shape index (κ1) is 39.0. The molecule has 0 radical (unpaired) electrons. The van der Waals surface area contributed by atoms with Gasteiger partial charge >= 0.3 is 0 Å². The lowest BCUT2D eigenvalue weighted by molar-refractivity contribution is -0.00000894. The van der Waals surface area contributed by atoms with Gasteiger partial charge in [-0.2, -0.15) is 9.90 Å². The van der Waals surface area contributed by atoms with Gasteiger partial charge in [-0.1, -0.05) is 133 Å². The minimum absolute atomic E-state index is 0. The van der Waals surface area contributed by atoms with E-state index in [9.17, 15) is 0 Å². The average Bonchev–Trinajstić information content (AvgIpc) is 2.95. The number of rotatable bonds is 4. The number of hydrogen-bond donors (Lipinski definition) is 0. The standard InChI is InChI=1S/C24H20P.C14H23P.2ClH.H3P/c1-5-13-21(14-6-1)25(22-15-7-2-8-16-22,23-17-9-3-10-18-23)24-19-11-4-12-20-24;1-13(2,3)10-7-11(14(4,5)6)9-12(15)8-10;;;/h1-20H;7-9H,15H2,1-6H3;2*1H;1H3/q+1;;;;/p-1. The quantitative estimate of drug-likeness (QED) is 0.220. The van der Waals surface area contributed by atoms with E-state index in [0.717, 1.165) is 0 Å². The van der Waals surface area contributed by atoms with Crippen molar-refractivity contribution in [3.8, 4) is 0 Å². The summed E-state index contributed by atoms with van der Waals surface area (Å²) in [6.07, 6.45) is 0. The van der Waals surface area contributed by atoms with E-state index < -0.39 is 7.26 Å². The summed E-state index contributed by atoms with van der Waals surface area (Å²) < 4.78 is 0. The zero-order valence-corrected chi connectivity index (χ0v) is 31.3. The Hall–Kier alpha value is -2.03. The maximum atomic E-state index is 2.81. The Morgan fingerprint density at radius 3 is 0.884 bits per heavy atom. The SMILES string of the molecule is CC(C)(C)c1cc(P)cc(C(C)(C)C)c1.Cl.P.[Cl-].c1ccc([P+](c2ccccc2)(c2ccccc2)c2ccccc2)cc1. The highest BCUT2D eigenvalue weighted by Crippen LogP contribution is 2.54. The summed E-state index contributed by atoms with van der Waals surface area (Å²) in [4.78, 5) is 0. The van der Waals surface area contributed by atoms with E-state index in [0.29, 0.717) is 0 Å². The molecule has 0 aliphatic heterocycles. The maximum absolute atomic E-state index is 2.81. The third-order valence-electron chi connectivity index (χ3n) is 7.26. The van der Waals surface area contributed by atoms with Crippen LogP contribution < -0.4 is 38.9 Å². The summed E-state index contributed by atoms with van der Waals surface area (Å²) in [5.74, 6) is 0. The molecule has 0 saturated heterocycles.